The van der Waals surface area contributed by atoms with Crippen molar-refractivity contribution >= 4 is 29.3 Å². The van der Waals surface area contributed by atoms with Crippen molar-refractivity contribution < 1.29 is 9.59 Å². The summed E-state index contributed by atoms with van der Waals surface area (Å²) in [6.07, 6.45) is 2.38. The third-order valence-electron chi connectivity index (χ3n) is 5.44. The molecule has 8 heteroatoms. The quantitative estimate of drug-likeness (QED) is 0.642. The Balaban J connectivity index is 1.48. The van der Waals surface area contributed by atoms with E-state index in [1.807, 2.05) is 35.9 Å². The van der Waals surface area contributed by atoms with Gasteiger partial charge < -0.3 is 5.32 Å². The second kappa shape index (κ2) is 8.93. The molecule has 3 heterocycles. The maximum absolute atomic E-state index is 13.2. The molecule has 0 bridgehead atoms. The van der Waals surface area contributed by atoms with Crippen LogP contribution in [0.1, 0.15) is 34.2 Å². The summed E-state index contributed by atoms with van der Waals surface area (Å²) in [5.74, 6) is -0.412. The first-order valence-electron chi connectivity index (χ1n) is 10.3. The Morgan fingerprint density at radius 3 is 2.74 bits per heavy atom. The fourth-order valence-corrected chi connectivity index (χ4v) is 4.86. The Kier molecular flexibility index (Phi) is 6.08. The minimum atomic E-state index is -0.216. The van der Waals surface area contributed by atoms with Gasteiger partial charge in [0.15, 0.2) is 0 Å². The monoisotopic (exact) mass is 435 g/mol. The molecule has 31 heavy (non-hydrogen) atoms. The van der Waals surface area contributed by atoms with Crippen LogP contribution in [0.5, 0.6) is 0 Å². The summed E-state index contributed by atoms with van der Waals surface area (Å²) in [6, 6.07) is 11.1. The number of aromatic nitrogens is 3. The Morgan fingerprint density at radius 1 is 1.16 bits per heavy atom. The van der Waals surface area contributed by atoms with Crippen LogP contribution in [-0.4, -0.2) is 39.7 Å². The Labute approximate surface area is 185 Å². The lowest BCUT2D eigenvalue weighted by Crippen LogP contribution is -2.41. The Morgan fingerprint density at radius 2 is 1.97 bits per heavy atom. The van der Waals surface area contributed by atoms with Crippen LogP contribution in [0.4, 0.5) is 5.69 Å². The second-order valence-corrected chi connectivity index (χ2v) is 8.41. The number of hydrogen-bond acceptors (Lipinski definition) is 5. The van der Waals surface area contributed by atoms with Crippen LogP contribution < -0.4 is 10.2 Å². The molecule has 2 aromatic heterocycles. The van der Waals surface area contributed by atoms with E-state index in [1.165, 1.54) is 16.7 Å². The number of benzene rings is 1. The van der Waals surface area contributed by atoms with Crippen LogP contribution in [0.15, 0.2) is 52.5 Å². The largest absolute Gasteiger partial charge is 0.354 e. The molecule has 0 atom stereocenters. The van der Waals surface area contributed by atoms with Gasteiger partial charge in [0, 0.05) is 29.9 Å². The number of carbonyl (C=O) groups excluding carboxylic acids is 2. The lowest BCUT2D eigenvalue weighted by Gasteiger charge is -2.22. The summed E-state index contributed by atoms with van der Waals surface area (Å²) in [7, 11) is 0. The van der Waals surface area contributed by atoms with E-state index >= 15 is 0 Å². The van der Waals surface area contributed by atoms with Crippen molar-refractivity contribution in [3.05, 3.63) is 65.1 Å². The maximum atomic E-state index is 13.2. The molecule has 160 valence electrons. The van der Waals surface area contributed by atoms with E-state index in [1.54, 1.807) is 18.3 Å². The molecule has 1 aliphatic heterocycles. The minimum Gasteiger partial charge on any atom is -0.354 e. The van der Waals surface area contributed by atoms with Gasteiger partial charge in [-0.2, -0.15) is 5.10 Å². The van der Waals surface area contributed by atoms with Gasteiger partial charge >= 0.3 is 0 Å². The topological polar surface area (TPSA) is 80.1 Å². The highest BCUT2D eigenvalue weighted by molar-refractivity contribution is 7.99. The molecule has 0 saturated heterocycles. The lowest BCUT2D eigenvalue weighted by atomic mass is 10.1. The molecule has 0 unspecified atom stereocenters. The van der Waals surface area contributed by atoms with E-state index < -0.39 is 0 Å². The third-order valence-corrected chi connectivity index (χ3v) is 6.52. The van der Waals surface area contributed by atoms with Crippen molar-refractivity contribution in [3.63, 3.8) is 0 Å². The van der Waals surface area contributed by atoms with E-state index in [0.29, 0.717) is 23.6 Å². The van der Waals surface area contributed by atoms with Crippen LogP contribution in [0.3, 0.4) is 0 Å². The first-order valence-corrected chi connectivity index (χ1v) is 11.1. The zero-order valence-electron chi connectivity index (χ0n) is 17.9. The van der Waals surface area contributed by atoms with Crippen molar-refractivity contribution in [2.45, 2.75) is 43.7 Å². The Hall–Kier alpha value is -3.13. The van der Waals surface area contributed by atoms with Crippen molar-refractivity contribution in [1.82, 2.24) is 20.1 Å². The molecule has 4 rings (SSSR count). The molecule has 7 nitrogen and oxygen atoms in total. The second-order valence-electron chi connectivity index (χ2n) is 7.38. The molecule has 0 radical (unpaired) electrons. The fourth-order valence-electron chi connectivity index (χ4n) is 3.85. The normalized spacial score (nSPS) is 12.9. The van der Waals surface area contributed by atoms with Gasteiger partial charge in [0.25, 0.3) is 5.91 Å². The zero-order chi connectivity index (χ0) is 22.0. The van der Waals surface area contributed by atoms with Gasteiger partial charge in [0.2, 0.25) is 5.91 Å². The highest BCUT2D eigenvalue weighted by Gasteiger charge is 2.29. The van der Waals surface area contributed by atoms with Gasteiger partial charge in [0.1, 0.15) is 11.6 Å². The van der Waals surface area contributed by atoms with Crippen LogP contribution in [0.25, 0.3) is 0 Å². The lowest BCUT2D eigenvalue weighted by molar-refractivity contribution is -0.119. The molecular weight excluding hydrogens is 410 g/mol. The number of aryl methyl sites for hydroxylation is 2. The first-order chi connectivity index (χ1) is 15.0. The number of amides is 2. The summed E-state index contributed by atoms with van der Waals surface area (Å²) in [6.45, 7) is 7.38. The molecule has 2 amide bonds. The minimum absolute atomic E-state index is 0.0447. The van der Waals surface area contributed by atoms with E-state index in [0.717, 1.165) is 34.1 Å². The molecule has 0 spiro atoms. The van der Waals surface area contributed by atoms with E-state index in [-0.39, 0.29) is 18.4 Å². The van der Waals surface area contributed by atoms with Gasteiger partial charge in [-0.3, -0.25) is 19.2 Å². The molecule has 1 aromatic carbocycles. The number of nitrogens with one attached hydrogen (secondary N) is 1. The predicted octanol–water partition coefficient (Wildman–Crippen LogP) is 3.39. The van der Waals surface area contributed by atoms with Gasteiger partial charge in [-0.1, -0.05) is 23.9 Å². The number of carbonyl (C=O) groups is 2. The van der Waals surface area contributed by atoms with Crippen molar-refractivity contribution in [1.29, 1.82) is 0 Å². The van der Waals surface area contributed by atoms with Crippen molar-refractivity contribution in [2.75, 3.05) is 18.0 Å². The number of para-hydroxylation sites is 1. The van der Waals surface area contributed by atoms with Gasteiger partial charge in [0.05, 0.1) is 16.9 Å². The molecule has 0 aliphatic carbocycles. The van der Waals surface area contributed by atoms with Crippen LogP contribution in [0.2, 0.25) is 0 Å². The fraction of sp³-hybridized carbons (Fsp3) is 0.304. The third kappa shape index (κ3) is 4.20. The van der Waals surface area contributed by atoms with E-state index in [9.17, 15) is 9.59 Å². The molecule has 1 N–H and O–H groups in total. The number of anilines is 1. The summed E-state index contributed by atoms with van der Waals surface area (Å²) < 4.78 is 1.97. The highest BCUT2D eigenvalue weighted by atomic mass is 32.2. The zero-order valence-corrected chi connectivity index (χ0v) is 18.7. The van der Waals surface area contributed by atoms with E-state index in [2.05, 4.69) is 29.2 Å². The predicted molar refractivity (Wildman–Crippen MR) is 121 cm³/mol. The van der Waals surface area contributed by atoms with E-state index in [4.69, 9.17) is 0 Å². The maximum Gasteiger partial charge on any atom is 0.261 e. The number of rotatable bonds is 6. The SMILES string of the molecule is CCn1nc(C)c(CCNC(=O)CN2C(=O)c3cccnc3Sc3ccccc32)c1C. The summed E-state index contributed by atoms with van der Waals surface area (Å²) >= 11 is 1.45. The number of fused-ring (bicyclic) bond motifs is 2. The average Bonchev–Trinajstić information content (AvgIpc) is 2.98. The number of pyridine rings is 1. The molecular formula is C23H25N5O2S. The first kappa shape index (κ1) is 21.1. The molecule has 0 saturated carbocycles. The van der Waals surface area contributed by atoms with Gasteiger partial charge in [-0.25, -0.2) is 4.98 Å². The standard InChI is InChI=1S/C23H25N5O2S/c1-4-28-16(3)17(15(2)26-28)11-13-24-21(29)14-27-19-9-5-6-10-20(19)31-22-18(23(27)30)8-7-12-25-22/h5-10,12H,4,11,13-14H2,1-3H3,(H,24,29). The highest BCUT2D eigenvalue weighted by Crippen LogP contribution is 2.39. The molecule has 0 fully saturated rings. The van der Waals surface area contributed by atoms with Crippen LogP contribution in [0, 0.1) is 13.8 Å². The molecule has 3 aromatic rings. The number of nitrogens with zero attached hydrogens (tertiary/aromatic N) is 4. The summed E-state index contributed by atoms with van der Waals surface area (Å²) in [5.41, 5.74) is 4.52. The molecule has 1 aliphatic rings. The van der Waals surface area contributed by atoms with Crippen LogP contribution >= 0.6 is 11.8 Å². The summed E-state index contributed by atoms with van der Waals surface area (Å²) in [5, 5.41) is 8.15. The van der Waals surface area contributed by atoms with Gasteiger partial charge in [-0.05, 0) is 57.0 Å². The average molecular weight is 436 g/mol. The van der Waals surface area contributed by atoms with Crippen molar-refractivity contribution in [2.24, 2.45) is 0 Å². The summed E-state index contributed by atoms with van der Waals surface area (Å²) in [4.78, 5) is 32.8. The van der Waals surface area contributed by atoms with Gasteiger partial charge in [-0.15, -0.1) is 0 Å². The van der Waals surface area contributed by atoms with Crippen LogP contribution in [-0.2, 0) is 17.8 Å². The smallest absolute Gasteiger partial charge is 0.261 e. The van der Waals surface area contributed by atoms with Crippen molar-refractivity contribution in [3.8, 4) is 0 Å². The number of hydrogen-bond donors (Lipinski definition) is 1. The Bertz CT molecular complexity index is 1140.